The first kappa shape index (κ1) is 14.1. The minimum absolute atomic E-state index is 0.152. The lowest BCUT2D eigenvalue weighted by molar-refractivity contribution is 0.0969. The second-order valence-corrected chi connectivity index (χ2v) is 4.57. The first-order valence-corrected chi connectivity index (χ1v) is 5.86. The van der Waals surface area contributed by atoms with Gasteiger partial charge in [0, 0.05) is 37.7 Å². The van der Waals surface area contributed by atoms with Gasteiger partial charge in [0.25, 0.3) is 0 Å². The van der Waals surface area contributed by atoms with Crippen LogP contribution in [0.3, 0.4) is 0 Å². The normalized spacial score (nSPS) is 14.6. The Morgan fingerprint density at radius 1 is 1.53 bits per heavy atom. The highest BCUT2D eigenvalue weighted by Crippen LogP contribution is 2.12. The number of methoxy groups -OCH3 is 1. The van der Waals surface area contributed by atoms with Crippen LogP contribution >= 0.6 is 0 Å². The predicted octanol–water partition coefficient (Wildman–Crippen LogP) is 1.27. The molecule has 1 rings (SSSR count). The van der Waals surface area contributed by atoms with Crippen molar-refractivity contribution in [3.05, 3.63) is 29.6 Å². The fraction of sp³-hybridized carbons (Fsp3) is 0.615. The van der Waals surface area contributed by atoms with Crippen LogP contribution in [-0.4, -0.2) is 36.0 Å². The zero-order valence-electron chi connectivity index (χ0n) is 10.9. The number of aliphatic hydroxyl groups excluding tert-OH is 1. The van der Waals surface area contributed by atoms with E-state index in [-0.39, 0.29) is 12.1 Å². The fourth-order valence-electron chi connectivity index (χ4n) is 1.79. The zero-order valence-corrected chi connectivity index (χ0v) is 10.9. The number of pyridine rings is 1. The summed E-state index contributed by atoms with van der Waals surface area (Å²) in [5, 5.41) is 12.5. The van der Waals surface area contributed by atoms with Crippen molar-refractivity contribution in [3.63, 3.8) is 0 Å². The number of nitrogens with zero attached hydrogens (tertiary/aromatic N) is 1. The predicted molar refractivity (Wildman–Crippen MR) is 67.8 cm³/mol. The number of aliphatic hydroxyl groups is 1. The molecule has 0 aromatic carbocycles. The highest BCUT2D eigenvalue weighted by atomic mass is 16.5. The van der Waals surface area contributed by atoms with Crippen LogP contribution in [0.15, 0.2) is 18.3 Å². The third-order valence-corrected chi connectivity index (χ3v) is 2.95. The van der Waals surface area contributed by atoms with Gasteiger partial charge in [0.2, 0.25) is 0 Å². The first-order chi connectivity index (χ1) is 8.11. The average Bonchev–Trinajstić information content (AvgIpc) is 2.29. The van der Waals surface area contributed by atoms with Crippen molar-refractivity contribution in [2.45, 2.75) is 32.4 Å². The molecule has 0 bridgehead atoms. The number of rotatable bonds is 7. The number of aromatic nitrogens is 1. The summed E-state index contributed by atoms with van der Waals surface area (Å²) >= 11 is 0. The Balaban J connectivity index is 2.60. The molecule has 4 nitrogen and oxygen atoms in total. The SMILES string of the molecule is COCC(C)(CCO)NCc1cccnc1C. The van der Waals surface area contributed by atoms with Crippen LogP contribution in [0.4, 0.5) is 0 Å². The van der Waals surface area contributed by atoms with E-state index in [9.17, 15) is 0 Å². The van der Waals surface area contributed by atoms with Crippen LogP contribution in [0, 0.1) is 6.92 Å². The summed E-state index contributed by atoms with van der Waals surface area (Å²) in [4.78, 5) is 4.25. The van der Waals surface area contributed by atoms with Gasteiger partial charge in [-0.3, -0.25) is 4.98 Å². The second-order valence-electron chi connectivity index (χ2n) is 4.57. The summed E-state index contributed by atoms with van der Waals surface area (Å²) in [6, 6.07) is 3.99. The lowest BCUT2D eigenvalue weighted by Gasteiger charge is -2.29. The fourth-order valence-corrected chi connectivity index (χ4v) is 1.79. The smallest absolute Gasteiger partial charge is 0.0642 e. The lowest BCUT2D eigenvalue weighted by atomic mass is 9.99. The summed E-state index contributed by atoms with van der Waals surface area (Å²) in [5.41, 5.74) is 2.00. The van der Waals surface area contributed by atoms with Gasteiger partial charge in [-0.1, -0.05) is 6.07 Å². The van der Waals surface area contributed by atoms with E-state index in [2.05, 4.69) is 23.3 Å². The maximum Gasteiger partial charge on any atom is 0.0642 e. The van der Waals surface area contributed by atoms with Gasteiger partial charge in [-0.15, -0.1) is 0 Å². The van der Waals surface area contributed by atoms with Crippen molar-refractivity contribution in [2.75, 3.05) is 20.3 Å². The summed E-state index contributed by atoms with van der Waals surface area (Å²) in [7, 11) is 1.67. The third kappa shape index (κ3) is 4.42. The number of hydrogen-bond acceptors (Lipinski definition) is 4. The molecule has 0 saturated carbocycles. The van der Waals surface area contributed by atoms with Gasteiger partial charge in [0.1, 0.15) is 0 Å². The van der Waals surface area contributed by atoms with Gasteiger partial charge >= 0.3 is 0 Å². The Morgan fingerprint density at radius 2 is 2.29 bits per heavy atom. The van der Waals surface area contributed by atoms with Crippen molar-refractivity contribution >= 4 is 0 Å². The van der Waals surface area contributed by atoms with Gasteiger partial charge in [-0.25, -0.2) is 0 Å². The standard InChI is InChI=1S/C13H22N2O2/c1-11-12(5-4-7-14-11)9-15-13(2,6-8-16)10-17-3/h4-5,7,15-16H,6,8-10H2,1-3H3. The van der Waals surface area contributed by atoms with Gasteiger partial charge in [-0.2, -0.15) is 0 Å². The molecule has 96 valence electrons. The van der Waals surface area contributed by atoms with E-state index < -0.39 is 0 Å². The molecule has 0 saturated heterocycles. The van der Waals surface area contributed by atoms with E-state index in [0.717, 1.165) is 12.2 Å². The molecule has 17 heavy (non-hydrogen) atoms. The topological polar surface area (TPSA) is 54.4 Å². The molecule has 2 N–H and O–H groups in total. The third-order valence-electron chi connectivity index (χ3n) is 2.95. The van der Waals surface area contributed by atoms with E-state index in [1.165, 1.54) is 5.56 Å². The Hall–Kier alpha value is -0.970. The van der Waals surface area contributed by atoms with E-state index in [1.807, 2.05) is 13.0 Å². The molecule has 1 unspecified atom stereocenters. The highest BCUT2D eigenvalue weighted by Gasteiger charge is 2.22. The molecular formula is C13H22N2O2. The largest absolute Gasteiger partial charge is 0.396 e. The van der Waals surface area contributed by atoms with Gasteiger partial charge in [0.05, 0.1) is 6.61 Å². The van der Waals surface area contributed by atoms with E-state index in [4.69, 9.17) is 9.84 Å². The maximum absolute atomic E-state index is 9.07. The number of hydrogen-bond donors (Lipinski definition) is 2. The average molecular weight is 238 g/mol. The first-order valence-electron chi connectivity index (χ1n) is 5.86. The number of aryl methyl sites for hydroxylation is 1. The van der Waals surface area contributed by atoms with Crippen molar-refractivity contribution < 1.29 is 9.84 Å². The van der Waals surface area contributed by atoms with Crippen LogP contribution < -0.4 is 5.32 Å². The summed E-state index contributed by atoms with van der Waals surface area (Å²) in [6.45, 7) is 5.51. The highest BCUT2D eigenvalue weighted by molar-refractivity contribution is 5.18. The lowest BCUT2D eigenvalue weighted by Crippen LogP contribution is -2.46. The van der Waals surface area contributed by atoms with Crippen molar-refractivity contribution in [1.82, 2.24) is 10.3 Å². The second kappa shape index (κ2) is 6.69. The molecule has 4 heteroatoms. The molecule has 0 amide bonds. The Bertz CT molecular complexity index is 336. The molecule has 1 heterocycles. The van der Waals surface area contributed by atoms with Crippen LogP contribution in [0.1, 0.15) is 24.6 Å². The maximum atomic E-state index is 9.07. The van der Waals surface area contributed by atoms with Crippen LogP contribution in [-0.2, 0) is 11.3 Å². The Labute approximate surface area is 103 Å². The zero-order chi connectivity index (χ0) is 12.7. The summed E-state index contributed by atoms with van der Waals surface area (Å²) in [6.07, 6.45) is 2.46. The van der Waals surface area contributed by atoms with Gasteiger partial charge in [-0.05, 0) is 31.9 Å². The van der Waals surface area contributed by atoms with Crippen molar-refractivity contribution in [2.24, 2.45) is 0 Å². The number of ether oxygens (including phenoxy) is 1. The summed E-state index contributed by atoms with van der Waals surface area (Å²) in [5.74, 6) is 0. The molecule has 0 aliphatic rings. The van der Waals surface area contributed by atoms with E-state index in [1.54, 1.807) is 13.3 Å². The molecule has 1 aromatic rings. The van der Waals surface area contributed by atoms with Gasteiger partial charge < -0.3 is 15.2 Å². The van der Waals surface area contributed by atoms with Crippen LogP contribution in [0.5, 0.6) is 0 Å². The summed E-state index contributed by atoms with van der Waals surface area (Å²) < 4.78 is 5.19. The van der Waals surface area contributed by atoms with Crippen LogP contribution in [0.25, 0.3) is 0 Å². The van der Waals surface area contributed by atoms with Gasteiger partial charge in [0.15, 0.2) is 0 Å². The molecule has 0 fully saturated rings. The molecule has 0 aliphatic carbocycles. The monoisotopic (exact) mass is 238 g/mol. The quantitative estimate of drug-likeness (QED) is 0.751. The minimum Gasteiger partial charge on any atom is -0.396 e. The van der Waals surface area contributed by atoms with E-state index >= 15 is 0 Å². The molecule has 1 atom stereocenters. The molecule has 0 aliphatic heterocycles. The van der Waals surface area contributed by atoms with E-state index in [0.29, 0.717) is 13.0 Å². The Kier molecular flexibility index (Phi) is 5.55. The molecule has 0 spiro atoms. The van der Waals surface area contributed by atoms with Crippen molar-refractivity contribution in [1.29, 1.82) is 0 Å². The molecular weight excluding hydrogens is 216 g/mol. The van der Waals surface area contributed by atoms with Crippen molar-refractivity contribution in [3.8, 4) is 0 Å². The van der Waals surface area contributed by atoms with Crippen LogP contribution in [0.2, 0.25) is 0 Å². The minimum atomic E-state index is -0.203. The molecule has 1 aromatic heterocycles. The molecule has 0 radical (unpaired) electrons. The number of nitrogens with one attached hydrogen (secondary N) is 1. The Morgan fingerprint density at radius 3 is 2.88 bits per heavy atom.